The van der Waals surface area contributed by atoms with Crippen LogP contribution in [0, 0.1) is 0 Å². The largest absolute Gasteiger partial charge is 0.284 e. The number of fused-ring (bicyclic) bond motifs is 2. The molecule has 3 aromatic rings. The molecule has 0 saturated heterocycles. The number of nitrogens with one attached hydrogen (secondary N) is 1. The molecule has 1 aromatic heterocycles. The summed E-state index contributed by atoms with van der Waals surface area (Å²) in [5.74, 6) is 0. The monoisotopic (exact) mass is 382 g/mol. The van der Waals surface area contributed by atoms with Crippen molar-refractivity contribution in [2.24, 2.45) is 0 Å². The van der Waals surface area contributed by atoms with E-state index in [-0.39, 0.29) is 0 Å². The van der Waals surface area contributed by atoms with Crippen molar-refractivity contribution in [3.8, 4) is 0 Å². The summed E-state index contributed by atoms with van der Waals surface area (Å²) in [5.41, 5.74) is 8.22. The molecule has 0 fully saturated rings. The van der Waals surface area contributed by atoms with Crippen LogP contribution in [0.2, 0.25) is 0 Å². The summed E-state index contributed by atoms with van der Waals surface area (Å²) in [5, 5.41) is 0. The van der Waals surface area contributed by atoms with Gasteiger partial charge < -0.3 is 0 Å². The second kappa shape index (κ2) is 6.70. The molecule has 0 spiro atoms. The van der Waals surface area contributed by atoms with Crippen LogP contribution < -0.4 is 4.72 Å². The fraction of sp³-hybridized carbons (Fsp3) is 0.150. The van der Waals surface area contributed by atoms with E-state index in [9.17, 15) is 8.42 Å². The Balaban J connectivity index is 1.84. The maximum atomic E-state index is 11.5. The van der Waals surface area contributed by atoms with E-state index in [1.165, 1.54) is 16.0 Å². The standard InChI is InChI=1S/C20H18N2O2S2/c1-26(23,24)22-16-7-4-5-14(11-16)12-18-17-8-3-2-6-15(17)9-10-19-20(18)25-13-21-19/h2-8,11-13,22H,9-10H2,1H3/b18-12+. The van der Waals surface area contributed by atoms with Gasteiger partial charge in [-0.25, -0.2) is 13.4 Å². The topological polar surface area (TPSA) is 59.1 Å². The molecular formula is C20H18N2O2S2. The number of hydrogen-bond acceptors (Lipinski definition) is 4. The molecule has 1 heterocycles. The molecule has 132 valence electrons. The first kappa shape index (κ1) is 17.0. The van der Waals surface area contributed by atoms with E-state index in [1.807, 2.05) is 23.7 Å². The third-order valence-electron chi connectivity index (χ3n) is 4.33. The van der Waals surface area contributed by atoms with Crippen LogP contribution in [0.4, 0.5) is 5.69 Å². The third kappa shape index (κ3) is 3.57. The molecule has 0 amide bonds. The van der Waals surface area contributed by atoms with Crippen molar-refractivity contribution in [3.63, 3.8) is 0 Å². The summed E-state index contributed by atoms with van der Waals surface area (Å²) in [6.45, 7) is 0. The number of hydrogen-bond donors (Lipinski definition) is 1. The maximum absolute atomic E-state index is 11.5. The lowest BCUT2D eigenvalue weighted by atomic mass is 9.97. The van der Waals surface area contributed by atoms with Gasteiger partial charge in [0.05, 0.1) is 22.3 Å². The summed E-state index contributed by atoms with van der Waals surface area (Å²) in [6.07, 6.45) is 5.18. The molecule has 4 nitrogen and oxygen atoms in total. The van der Waals surface area contributed by atoms with E-state index in [4.69, 9.17) is 0 Å². The second-order valence-electron chi connectivity index (χ2n) is 6.34. The smallest absolute Gasteiger partial charge is 0.229 e. The van der Waals surface area contributed by atoms with Gasteiger partial charge in [0.25, 0.3) is 0 Å². The quantitative estimate of drug-likeness (QED) is 0.738. The van der Waals surface area contributed by atoms with Crippen LogP contribution in [-0.2, 0) is 22.9 Å². The summed E-state index contributed by atoms with van der Waals surface area (Å²) in [6, 6.07) is 15.9. The molecule has 0 atom stereocenters. The SMILES string of the molecule is CS(=O)(=O)Nc1cccc(/C=C2\c3ccccc3CCc3ncsc32)c1. The predicted octanol–water partition coefficient (Wildman–Crippen LogP) is 4.20. The highest BCUT2D eigenvalue weighted by atomic mass is 32.2. The normalized spacial score (nSPS) is 15.2. The second-order valence-corrected chi connectivity index (χ2v) is 8.95. The van der Waals surface area contributed by atoms with Crippen molar-refractivity contribution in [1.29, 1.82) is 0 Å². The zero-order valence-electron chi connectivity index (χ0n) is 14.3. The Labute approximate surface area is 157 Å². The Bertz CT molecular complexity index is 1100. The Morgan fingerprint density at radius 3 is 2.81 bits per heavy atom. The number of aryl methyl sites for hydroxylation is 2. The van der Waals surface area contributed by atoms with Gasteiger partial charge in [-0.3, -0.25) is 4.72 Å². The summed E-state index contributed by atoms with van der Waals surface area (Å²) >= 11 is 1.65. The fourth-order valence-corrected chi connectivity index (χ4v) is 4.69. The molecule has 1 N–H and O–H groups in total. The van der Waals surface area contributed by atoms with Crippen LogP contribution in [0.15, 0.2) is 54.0 Å². The Kier molecular flexibility index (Phi) is 4.38. The van der Waals surface area contributed by atoms with Gasteiger partial charge in [0.2, 0.25) is 10.0 Å². The molecule has 4 rings (SSSR count). The van der Waals surface area contributed by atoms with E-state index in [0.29, 0.717) is 5.69 Å². The highest BCUT2D eigenvalue weighted by molar-refractivity contribution is 7.92. The van der Waals surface area contributed by atoms with Gasteiger partial charge in [-0.05, 0) is 47.7 Å². The molecule has 26 heavy (non-hydrogen) atoms. The number of anilines is 1. The number of nitrogens with zero attached hydrogens (tertiary/aromatic N) is 1. The average Bonchev–Trinajstić information content (AvgIpc) is 3.00. The number of thiazole rings is 1. The van der Waals surface area contributed by atoms with Crippen molar-refractivity contribution >= 4 is 38.7 Å². The van der Waals surface area contributed by atoms with Crippen LogP contribution in [-0.4, -0.2) is 19.7 Å². The molecule has 0 aliphatic heterocycles. The van der Waals surface area contributed by atoms with E-state index >= 15 is 0 Å². The minimum absolute atomic E-state index is 0.563. The van der Waals surface area contributed by atoms with Crippen molar-refractivity contribution in [2.45, 2.75) is 12.8 Å². The van der Waals surface area contributed by atoms with E-state index in [0.717, 1.165) is 35.9 Å². The Hall–Kier alpha value is -2.44. The van der Waals surface area contributed by atoms with Crippen LogP contribution in [0.3, 0.4) is 0 Å². The van der Waals surface area contributed by atoms with E-state index in [2.05, 4.69) is 40.0 Å². The van der Waals surface area contributed by atoms with E-state index < -0.39 is 10.0 Å². The lowest BCUT2D eigenvalue weighted by molar-refractivity contribution is 0.607. The number of aromatic nitrogens is 1. The lowest BCUT2D eigenvalue weighted by Crippen LogP contribution is -2.09. The molecule has 0 bridgehead atoms. The van der Waals surface area contributed by atoms with Gasteiger partial charge in [0.15, 0.2) is 0 Å². The van der Waals surface area contributed by atoms with Gasteiger partial charge in [0, 0.05) is 11.3 Å². The average molecular weight is 383 g/mol. The van der Waals surface area contributed by atoms with Crippen LogP contribution in [0.25, 0.3) is 11.6 Å². The van der Waals surface area contributed by atoms with Crippen molar-refractivity contribution < 1.29 is 8.42 Å². The Morgan fingerprint density at radius 2 is 1.96 bits per heavy atom. The first-order valence-electron chi connectivity index (χ1n) is 8.30. The van der Waals surface area contributed by atoms with Gasteiger partial charge in [-0.1, -0.05) is 36.4 Å². The molecule has 1 aliphatic carbocycles. The summed E-state index contributed by atoms with van der Waals surface area (Å²) in [7, 11) is -3.30. The third-order valence-corrected chi connectivity index (χ3v) is 5.83. The lowest BCUT2D eigenvalue weighted by Gasteiger charge is -2.10. The molecule has 1 aliphatic rings. The van der Waals surface area contributed by atoms with Crippen LogP contribution >= 0.6 is 11.3 Å². The molecule has 2 aromatic carbocycles. The summed E-state index contributed by atoms with van der Waals surface area (Å²) < 4.78 is 25.6. The van der Waals surface area contributed by atoms with Gasteiger partial charge in [0.1, 0.15) is 0 Å². The molecule has 0 radical (unpaired) electrons. The maximum Gasteiger partial charge on any atom is 0.229 e. The molecule has 0 unspecified atom stereocenters. The van der Waals surface area contributed by atoms with Gasteiger partial charge >= 0.3 is 0 Å². The number of sulfonamides is 1. The van der Waals surface area contributed by atoms with Crippen molar-refractivity contribution in [3.05, 3.63) is 81.3 Å². The zero-order chi connectivity index (χ0) is 18.1. The highest BCUT2D eigenvalue weighted by Gasteiger charge is 2.20. The molecular weight excluding hydrogens is 364 g/mol. The van der Waals surface area contributed by atoms with Crippen molar-refractivity contribution in [2.75, 3.05) is 11.0 Å². The minimum Gasteiger partial charge on any atom is -0.284 e. The summed E-state index contributed by atoms with van der Waals surface area (Å²) in [4.78, 5) is 5.73. The van der Waals surface area contributed by atoms with Crippen LogP contribution in [0.5, 0.6) is 0 Å². The Morgan fingerprint density at radius 1 is 1.12 bits per heavy atom. The first-order valence-corrected chi connectivity index (χ1v) is 11.1. The van der Waals surface area contributed by atoms with Crippen molar-refractivity contribution in [1.82, 2.24) is 4.98 Å². The van der Waals surface area contributed by atoms with Gasteiger partial charge in [-0.2, -0.15) is 0 Å². The van der Waals surface area contributed by atoms with Crippen LogP contribution in [0.1, 0.15) is 27.3 Å². The fourth-order valence-electron chi connectivity index (χ4n) is 3.26. The molecule has 0 saturated carbocycles. The highest BCUT2D eigenvalue weighted by Crippen LogP contribution is 2.36. The zero-order valence-corrected chi connectivity index (χ0v) is 15.9. The minimum atomic E-state index is -3.30. The first-order chi connectivity index (χ1) is 12.5. The van der Waals surface area contributed by atoms with Gasteiger partial charge in [-0.15, -0.1) is 11.3 Å². The van der Waals surface area contributed by atoms with E-state index in [1.54, 1.807) is 17.4 Å². The number of benzene rings is 2. The molecule has 6 heteroatoms. The number of rotatable bonds is 3. The predicted molar refractivity (Wildman–Crippen MR) is 108 cm³/mol.